The van der Waals surface area contributed by atoms with Crippen molar-refractivity contribution in [1.29, 1.82) is 0 Å². The second-order valence-corrected chi connectivity index (χ2v) is 9.42. The van der Waals surface area contributed by atoms with Crippen LogP contribution in [-0.4, -0.2) is 68.5 Å². The number of rotatable bonds is 16. The fourth-order valence-corrected chi connectivity index (χ4v) is 2.96. The lowest BCUT2D eigenvalue weighted by Gasteiger charge is -2.29. The van der Waals surface area contributed by atoms with Crippen LogP contribution in [0.1, 0.15) is 46.0 Å². The number of carbonyl (C=O) groups is 1. The maximum atomic E-state index is 11.9. The average Bonchev–Trinajstić information content (AvgIpc) is 2.59. The van der Waals surface area contributed by atoms with Crippen LogP contribution in [0.25, 0.3) is 0 Å². The highest BCUT2D eigenvalue weighted by molar-refractivity contribution is 7.45. The van der Waals surface area contributed by atoms with Crippen LogP contribution in [0.2, 0.25) is 0 Å². The standard InChI is InChI=1S/C20H39N2O6P/c1-6-7-8-9-10-11-12-13-14-20(24)19(21-18(2)23)17-28-29(25,26)27-16-15-22(3,4)5/h9-10,13-14,19-20,24H,6-8,11-12,15-17H2,1-5H3,(H-,21,23,25,26)/b10-9+,14-13+. The molecule has 0 aliphatic rings. The highest BCUT2D eigenvalue weighted by atomic mass is 31.2. The molecule has 2 N–H and O–H groups in total. The van der Waals surface area contributed by atoms with E-state index in [1.807, 2.05) is 21.1 Å². The van der Waals surface area contributed by atoms with Gasteiger partial charge in [-0.3, -0.25) is 9.36 Å². The second kappa shape index (κ2) is 14.9. The molecule has 0 saturated carbocycles. The number of carbonyl (C=O) groups excluding carboxylic acids is 1. The Morgan fingerprint density at radius 1 is 1.17 bits per heavy atom. The van der Waals surface area contributed by atoms with E-state index in [1.54, 1.807) is 6.08 Å². The van der Waals surface area contributed by atoms with Gasteiger partial charge in [0.05, 0.1) is 39.9 Å². The molecule has 8 nitrogen and oxygen atoms in total. The molecule has 0 aromatic rings. The van der Waals surface area contributed by atoms with Crippen LogP contribution in [0.5, 0.6) is 0 Å². The Bertz CT molecular complexity index is 560. The molecule has 29 heavy (non-hydrogen) atoms. The molecule has 0 fully saturated rings. The van der Waals surface area contributed by atoms with Crippen LogP contribution < -0.4 is 10.2 Å². The number of aliphatic hydroxyl groups excluding tert-OH is 1. The number of nitrogens with one attached hydrogen (secondary N) is 1. The van der Waals surface area contributed by atoms with Crippen LogP contribution in [-0.2, 0) is 18.4 Å². The number of hydrogen-bond donors (Lipinski definition) is 2. The summed E-state index contributed by atoms with van der Waals surface area (Å²) in [4.78, 5) is 23.3. The highest BCUT2D eigenvalue weighted by Crippen LogP contribution is 2.38. The Kier molecular flexibility index (Phi) is 14.4. The molecule has 0 aromatic heterocycles. The first kappa shape index (κ1) is 28.0. The highest BCUT2D eigenvalue weighted by Gasteiger charge is 2.22. The summed E-state index contributed by atoms with van der Waals surface area (Å²) in [5, 5.41) is 12.8. The minimum absolute atomic E-state index is 0.0106. The molecule has 9 heteroatoms. The van der Waals surface area contributed by atoms with E-state index in [9.17, 15) is 19.4 Å². The number of phosphoric ester groups is 1. The van der Waals surface area contributed by atoms with Crippen molar-refractivity contribution in [3.05, 3.63) is 24.3 Å². The number of nitrogens with zero attached hydrogens (tertiary/aromatic N) is 1. The van der Waals surface area contributed by atoms with E-state index in [1.165, 1.54) is 25.8 Å². The van der Waals surface area contributed by atoms with Crippen LogP contribution >= 0.6 is 7.82 Å². The molecule has 0 radical (unpaired) electrons. The number of quaternary nitrogens is 1. The molecule has 0 heterocycles. The van der Waals surface area contributed by atoms with E-state index in [-0.39, 0.29) is 6.61 Å². The van der Waals surface area contributed by atoms with Crippen molar-refractivity contribution in [2.75, 3.05) is 40.9 Å². The second-order valence-electron chi connectivity index (χ2n) is 8.01. The summed E-state index contributed by atoms with van der Waals surface area (Å²) < 4.78 is 22.1. The smallest absolute Gasteiger partial charge is 0.268 e. The number of allylic oxidation sites excluding steroid dienone is 3. The quantitative estimate of drug-likeness (QED) is 0.167. The largest absolute Gasteiger partial charge is 0.756 e. The average molecular weight is 435 g/mol. The van der Waals surface area contributed by atoms with Crippen LogP contribution in [0, 0.1) is 0 Å². The minimum atomic E-state index is -4.52. The van der Waals surface area contributed by atoms with Gasteiger partial charge in [0, 0.05) is 6.92 Å². The van der Waals surface area contributed by atoms with E-state index in [0.717, 1.165) is 19.3 Å². The molecule has 0 rings (SSSR count). The maximum absolute atomic E-state index is 11.9. The lowest BCUT2D eigenvalue weighted by molar-refractivity contribution is -0.870. The van der Waals surface area contributed by atoms with Gasteiger partial charge in [-0.05, 0) is 19.3 Å². The third-order valence-electron chi connectivity index (χ3n) is 3.95. The number of unbranched alkanes of at least 4 members (excludes halogenated alkanes) is 3. The van der Waals surface area contributed by atoms with Crippen molar-refractivity contribution in [2.45, 2.75) is 58.1 Å². The Balaban J connectivity index is 4.51. The van der Waals surface area contributed by atoms with Crippen molar-refractivity contribution in [3.8, 4) is 0 Å². The fraction of sp³-hybridized carbons (Fsp3) is 0.750. The summed E-state index contributed by atoms with van der Waals surface area (Å²) in [7, 11) is 1.22. The van der Waals surface area contributed by atoms with Crippen LogP contribution in [0.4, 0.5) is 0 Å². The third-order valence-corrected chi connectivity index (χ3v) is 4.91. The van der Waals surface area contributed by atoms with Gasteiger partial charge in [-0.15, -0.1) is 0 Å². The normalized spacial score (nSPS) is 16.8. The van der Waals surface area contributed by atoms with Gasteiger partial charge in [-0.25, -0.2) is 0 Å². The van der Waals surface area contributed by atoms with E-state index < -0.39 is 32.5 Å². The molecule has 1 amide bonds. The zero-order chi connectivity index (χ0) is 22.3. The van der Waals surface area contributed by atoms with E-state index >= 15 is 0 Å². The molecule has 3 unspecified atom stereocenters. The van der Waals surface area contributed by atoms with Gasteiger partial charge in [0.15, 0.2) is 0 Å². The summed E-state index contributed by atoms with van der Waals surface area (Å²) in [5.41, 5.74) is 0. The van der Waals surface area contributed by atoms with E-state index in [2.05, 4.69) is 24.4 Å². The Hall–Kier alpha value is -1.02. The van der Waals surface area contributed by atoms with Gasteiger partial charge in [0.25, 0.3) is 7.82 Å². The van der Waals surface area contributed by atoms with Crippen LogP contribution in [0.15, 0.2) is 24.3 Å². The molecule has 0 aliphatic carbocycles. The van der Waals surface area contributed by atoms with Crippen molar-refractivity contribution in [2.24, 2.45) is 0 Å². The lowest BCUT2D eigenvalue weighted by atomic mass is 10.1. The van der Waals surface area contributed by atoms with Gasteiger partial charge >= 0.3 is 0 Å². The minimum Gasteiger partial charge on any atom is -0.756 e. The first-order chi connectivity index (χ1) is 13.5. The van der Waals surface area contributed by atoms with E-state index in [0.29, 0.717) is 11.0 Å². The van der Waals surface area contributed by atoms with Gasteiger partial charge in [-0.1, -0.05) is 44.1 Å². The van der Waals surface area contributed by atoms with Crippen molar-refractivity contribution >= 4 is 13.7 Å². The van der Waals surface area contributed by atoms with Gasteiger partial charge in [0.2, 0.25) is 5.91 Å². The summed E-state index contributed by atoms with van der Waals surface area (Å²) in [5.74, 6) is -0.392. The van der Waals surface area contributed by atoms with Crippen LogP contribution in [0.3, 0.4) is 0 Å². The molecular weight excluding hydrogens is 395 g/mol. The zero-order valence-corrected chi connectivity index (χ0v) is 19.4. The van der Waals surface area contributed by atoms with Gasteiger partial charge in [-0.2, -0.15) is 0 Å². The summed E-state index contributed by atoms with van der Waals surface area (Å²) >= 11 is 0. The molecule has 0 bridgehead atoms. The summed E-state index contributed by atoms with van der Waals surface area (Å²) in [6.07, 6.45) is 11.5. The molecule has 0 aromatic carbocycles. The maximum Gasteiger partial charge on any atom is 0.268 e. The van der Waals surface area contributed by atoms with Crippen molar-refractivity contribution in [1.82, 2.24) is 5.32 Å². The predicted octanol–water partition coefficient (Wildman–Crippen LogP) is 2.14. The molecule has 3 atom stereocenters. The Morgan fingerprint density at radius 2 is 1.79 bits per heavy atom. The lowest BCUT2D eigenvalue weighted by Crippen LogP contribution is -2.45. The molecule has 0 aliphatic heterocycles. The summed E-state index contributed by atoms with van der Waals surface area (Å²) in [6, 6.07) is -0.895. The van der Waals surface area contributed by atoms with Gasteiger partial charge < -0.3 is 28.8 Å². The third kappa shape index (κ3) is 17.5. The monoisotopic (exact) mass is 434 g/mol. The number of amides is 1. The number of hydrogen-bond acceptors (Lipinski definition) is 6. The molecule has 0 saturated heterocycles. The summed E-state index contributed by atoms with van der Waals surface area (Å²) in [6.45, 7) is 3.51. The van der Waals surface area contributed by atoms with E-state index in [4.69, 9.17) is 9.05 Å². The van der Waals surface area contributed by atoms with Crippen molar-refractivity contribution in [3.63, 3.8) is 0 Å². The van der Waals surface area contributed by atoms with Crippen molar-refractivity contribution < 1.29 is 32.9 Å². The SMILES string of the molecule is CCCC/C=C/CC/C=C/C(O)C(COP(=O)([O-])OCC[N+](C)(C)C)NC(C)=O. The first-order valence-electron chi connectivity index (χ1n) is 10.1. The predicted molar refractivity (Wildman–Crippen MR) is 113 cm³/mol. The zero-order valence-electron chi connectivity index (χ0n) is 18.5. The number of aliphatic hydroxyl groups is 1. The Labute approximate surface area is 175 Å². The van der Waals surface area contributed by atoms with Gasteiger partial charge in [0.1, 0.15) is 13.2 Å². The molecule has 0 spiro atoms. The molecular formula is C20H39N2O6P. The topological polar surface area (TPSA) is 108 Å². The number of likely N-dealkylation sites (N-methyl/N-ethyl adjacent to an activating group) is 1. The molecule has 170 valence electrons. The Morgan fingerprint density at radius 3 is 2.38 bits per heavy atom. The number of phosphoric acid groups is 1. The first-order valence-corrected chi connectivity index (χ1v) is 11.6. The fourth-order valence-electron chi connectivity index (χ4n) is 2.24.